The van der Waals surface area contributed by atoms with Gasteiger partial charge in [-0.05, 0) is 75.6 Å². The molecule has 4 aliphatic heterocycles. The number of benzene rings is 1. The summed E-state index contributed by atoms with van der Waals surface area (Å²) >= 11 is 0. The Kier molecular flexibility index (Phi) is 8.32. The van der Waals surface area contributed by atoms with Crippen LogP contribution in [0.1, 0.15) is 112 Å². The standard InChI is InChI=1S/C43H46F2N10O6/c1-23-29-21-47-43(50-38(29)54(26-5-3-4-6-26)41(60)34(23)24(2)56)48-32-9-7-27(20-46-32)52-13-11-25(12-14-52)22-51-15-17-53(18-16-51)37-30(44)19-28-35(36(37)45)42(61)55(40(28)59)31-8-10-33(57)49-39(31)58/h7,9,19-21,25-26,31H,3-6,8,10-18,22H2,1-2H3,(H,49,57,58)(H,46,47,48,50)/i15D2,16D2,17D2,18D2. The van der Waals surface area contributed by atoms with E-state index in [1.165, 1.54) is 6.92 Å². The number of aromatic nitrogens is 4. The number of carbonyl (C=O) groups excluding carboxylic acids is 5. The van der Waals surface area contributed by atoms with Crippen LogP contribution in [-0.4, -0.2) is 110 Å². The summed E-state index contributed by atoms with van der Waals surface area (Å²) < 4.78 is 106. The van der Waals surface area contributed by atoms with Gasteiger partial charge in [-0.25, -0.2) is 18.7 Å². The molecule has 0 bridgehead atoms. The number of hydrogen-bond acceptors (Lipinski definition) is 13. The van der Waals surface area contributed by atoms with Gasteiger partial charge in [0.2, 0.25) is 17.8 Å². The van der Waals surface area contributed by atoms with Crippen molar-refractivity contribution in [3.8, 4) is 0 Å². The van der Waals surface area contributed by atoms with Crippen LogP contribution in [0.3, 0.4) is 0 Å². The smallest absolute Gasteiger partial charge is 0.265 e. The van der Waals surface area contributed by atoms with Gasteiger partial charge in [-0.1, -0.05) is 12.8 Å². The molecule has 16 nitrogen and oxygen atoms in total. The van der Waals surface area contributed by atoms with Gasteiger partial charge in [0, 0.05) is 75.2 Å². The van der Waals surface area contributed by atoms with Gasteiger partial charge in [-0.3, -0.25) is 48.5 Å². The first kappa shape index (κ1) is 31.7. The van der Waals surface area contributed by atoms with E-state index in [2.05, 4.69) is 15.3 Å². The summed E-state index contributed by atoms with van der Waals surface area (Å²) in [6.07, 6.45) is 6.67. The molecule has 9 rings (SSSR count). The Hall–Kier alpha value is -6.17. The van der Waals surface area contributed by atoms with Gasteiger partial charge in [0.05, 0.1) is 34.1 Å². The molecule has 1 saturated carbocycles. The maximum absolute atomic E-state index is 16.6. The SMILES string of the molecule is [2H]C1([2H])N(CC2CCN(c3ccc(Nc4ncc5c(C)c(C(C)=O)c(=O)n(C6CCCC6)c5n4)nc3)CC2)C([2H])([2H])C([2H])([2H])N(c2c(F)cc3c(c2F)C(=O)N(C2CCC(=O)NC2=O)C3=O)C1([2H])[2H]. The highest BCUT2D eigenvalue weighted by molar-refractivity contribution is 6.24. The highest BCUT2D eigenvalue weighted by Crippen LogP contribution is 2.37. The first-order valence-electron chi connectivity index (χ1n) is 24.1. The number of piperazine rings is 1. The molecule has 7 heterocycles. The monoisotopic (exact) mass is 844 g/mol. The zero-order chi connectivity index (χ0) is 49.9. The van der Waals surface area contributed by atoms with Gasteiger partial charge >= 0.3 is 0 Å². The maximum Gasteiger partial charge on any atom is 0.265 e. The second-order valence-electron chi connectivity index (χ2n) is 15.8. The third-order valence-corrected chi connectivity index (χ3v) is 12.1. The number of pyridine rings is 2. The number of hydrogen-bond donors (Lipinski definition) is 2. The molecule has 4 amide bonds. The Morgan fingerprint density at radius 3 is 2.34 bits per heavy atom. The van der Waals surface area contributed by atoms with Crippen LogP contribution < -0.4 is 26.0 Å². The number of Topliss-reactive ketones (excluding diaryl/α,β-unsaturated/α-hetero) is 1. The number of carbonyl (C=O) groups is 5. The molecule has 0 spiro atoms. The predicted molar refractivity (Wildman–Crippen MR) is 220 cm³/mol. The summed E-state index contributed by atoms with van der Waals surface area (Å²) in [7, 11) is 0. The highest BCUT2D eigenvalue weighted by atomic mass is 19.1. The molecule has 1 atom stereocenters. The summed E-state index contributed by atoms with van der Waals surface area (Å²) in [6.45, 7) is -11.2. The van der Waals surface area contributed by atoms with Crippen LogP contribution in [0, 0.1) is 24.5 Å². The molecule has 61 heavy (non-hydrogen) atoms. The lowest BCUT2D eigenvalue weighted by atomic mass is 9.95. The summed E-state index contributed by atoms with van der Waals surface area (Å²) in [6, 6.07) is 2.14. The number of aryl methyl sites for hydroxylation is 1. The fourth-order valence-corrected chi connectivity index (χ4v) is 8.93. The number of ketones is 1. The van der Waals surface area contributed by atoms with E-state index in [-0.39, 0.29) is 46.6 Å². The lowest BCUT2D eigenvalue weighted by Gasteiger charge is -2.40. The number of piperidine rings is 2. The fourth-order valence-electron chi connectivity index (χ4n) is 8.93. The minimum Gasteiger partial charge on any atom is -0.370 e. The molecule has 1 aliphatic carbocycles. The van der Waals surface area contributed by atoms with Crippen LogP contribution in [0.4, 0.5) is 31.9 Å². The van der Waals surface area contributed by atoms with Crippen LogP contribution in [0.5, 0.6) is 0 Å². The van der Waals surface area contributed by atoms with Gasteiger partial charge in [0.25, 0.3) is 17.4 Å². The first-order valence-corrected chi connectivity index (χ1v) is 20.1. The molecule has 4 aromatic rings. The van der Waals surface area contributed by atoms with Gasteiger partial charge in [-0.2, -0.15) is 4.98 Å². The number of amides is 4. The fraction of sp³-hybridized carbons (Fsp3) is 0.465. The highest BCUT2D eigenvalue weighted by Gasteiger charge is 2.47. The Bertz CT molecular complexity index is 2900. The van der Waals surface area contributed by atoms with Crippen LogP contribution in [-0.2, 0) is 9.59 Å². The molecule has 5 aliphatic rings. The normalized spacial score (nSPS) is 25.8. The van der Waals surface area contributed by atoms with Crippen molar-refractivity contribution in [1.82, 2.24) is 34.6 Å². The largest absolute Gasteiger partial charge is 0.370 e. The van der Waals surface area contributed by atoms with E-state index >= 15 is 8.78 Å². The molecule has 4 fully saturated rings. The third-order valence-electron chi connectivity index (χ3n) is 12.1. The van der Waals surface area contributed by atoms with Gasteiger partial charge in [0.1, 0.15) is 29.0 Å². The minimum absolute atomic E-state index is 0.102. The Morgan fingerprint density at radius 2 is 1.67 bits per heavy atom. The van der Waals surface area contributed by atoms with E-state index in [9.17, 15) is 28.8 Å². The molecule has 318 valence electrons. The zero-order valence-corrected chi connectivity index (χ0v) is 33.2. The van der Waals surface area contributed by atoms with Gasteiger partial charge < -0.3 is 15.1 Å². The minimum atomic E-state index is -3.74. The second kappa shape index (κ2) is 16.0. The lowest BCUT2D eigenvalue weighted by molar-refractivity contribution is -0.136. The van der Waals surface area contributed by atoms with E-state index < -0.39 is 96.6 Å². The first-order chi connectivity index (χ1) is 32.4. The van der Waals surface area contributed by atoms with Crippen molar-refractivity contribution in [1.29, 1.82) is 0 Å². The van der Waals surface area contributed by atoms with Crippen LogP contribution >= 0.6 is 0 Å². The lowest BCUT2D eigenvalue weighted by Crippen LogP contribution is -2.54. The van der Waals surface area contributed by atoms with E-state index in [4.69, 9.17) is 16.0 Å². The summed E-state index contributed by atoms with van der Waals surface area (Å²) in [4.78, 5) is 93.3. The molecule has 3 saturated heterocycles. The number of anilines is 4. The van der Waals surface area contributed by atoms with Crippen LogP contribution in [0.25, 0.3) is 11.0 Å². The second-order valence-corrected chi connectivity index (χ2v) is 15.8. The molecule has 18 heteroatoms. The van der Waals surface area contributed by atoms with Crippen molar-refractivity contribution in [2.75, 3.05) is 60.7 Å². The van der Waals surface area contributed by atoms with Crippen LogP contribution in [0.2, 0.25) is 0 Å². The molecule has 0 radical (unpaired) electrons. The topological polar surface area (TPSA) is 183 Å². The molecule has 2 N–H and O–H groups in total. The Balaban J connectivity index is 0.902. The van der Waals surface area contributed by atoms with Crippen molar-refractivity contribution in [2.24, 2.45) is 5.92 Å². The van der Waals surface area contributed by atoms with Crippen molar-refractivity contribution in [2.45, 2.75) is 77.3 Å². The zero-order valence-electron chi connectivity index (χ0n) is 41.2. The molecule has 3 aromatic heterocycles. The molecule has 1 aromatic carbocycles. The van der Waals surface area contributed by atoms with Crippen molar-refractivity contribution in [3.63, 3.8) is 0 Å². The third kappa shape index (κ3) is 7.29. The van der Waals surface area contributed by atoms with E-state index in [0.717, 1.165) is 25.7 Å². The van der Waals surface area contributed by atoms with Crippen molar-refractivity contribution >= 4 is 63.6 Å². The van der Waals surface area contributed by atoms with E-state index in [1.807, 2.05) is 10.2 Å². The average Bonchev–Trinajstić information content (AvgIpc) is 3.89. The number of nitrogens with zero attached hydrogens (tertiary/aromatic N) is 8. The molecular formula is C43H46F2N10O6. The Labute approximate surface area is 360 Å². The average molecular weight is 845 g/mol. The Morgan fingerprint density at radius 1 is 0.934 bits per heavy atom. The van der Waals surface area contributed by atoms with E-state index in [0.29, 0.717) is 69.9 Å². The summed E-state index contributed by atoms with van der Waals surface area (Å²) in [5, 5.41) is 5.64. The molecule has 1 unspecified atom stereocenters. The predicted octanol–water partition coefficient (Wildman–Crippen LogP) is 4.27. The van der Waals surface area contributed by atoms with Gasteiger partial charge in [0.15, 0.2) is 11.6 Å². The summed E-state index contributed by atoms with van der Waals surface area (Å²) in [5.41, 5.74) is -2.30. The quantitative estimate of drug-likeness (QED) is 0.180. The van der Waals surface area contributed by atoms with E-state index in [1.54, 1.807) is 36.0 Å². The van der Waals surface area contributed by atoms with Gasteiger partial charge in [-0.15, -0.1) is 0 Å². The number of halogens is 2. The summed E-state index contributed by atoms with van der Waals surface area (Å²) in [5.74, 6) is -8.55. The number of nitrogens with one attached hydrogen (secondary N) is 2. The number of fused-ring (bicyclic) bond motifs is 2. The molecular weight excluding hydrogens is 791 g/mol. The van der Waals surface area contributed by atoms with Crippen molar-refractivity contribution < 1.29 is 43.7 Å². The number of rotatable bonds is 9. The van der Waals surface area contributed by atoms with Crippen molar-refractivity contribution in [3.05, 3.63) is 74.8 Å². The maximum atomic E-state index is 16.6. The van der Waals surface area contributed by atoms with Crippen LogP contribution in [0.15, 0.2) is 35.4 Å². The number of imide groups is 2.